The molecule has 7 nitrogen and oxygen atoms in total. The molecule has 0 radical (unpaired) electrons. The van der Waals surface area contributed by atoms with Gasteiger partial charge in [0.1, 0.15) is 5.69 Å². The summed E-state index contributed by atoms with van der Waals surface area (Å²) in [5.41, 5.74) is 1.97. The van der Waals surface area contributed by atoms with E-state index in [0.717, 1.165) is 29.2 Å². The van der Waals surface area contributed by atoms with Gasteiger partial charge < -0.3 is 4.90 Å². The van der Waals surface area contributed by atoms with E-state index in [1.165, 1.54) is 0 Å². The lowest BCUT2D eigenvalue weighted by molar-refractivity contribution is 0.0678. The average molecular weight is 425 g/mol. The Bertz CT molecular complexity index is 1310. The van der Waals surface area contributed by atoms with Gasteiger partial charge in [-0.25, -0.2) is 4.98 Å². The number of amides is 1. The Kier molecular flexibility index (Phi) is 5.46. The Hall–Kier alpha value is -3.87. The van der Waals surface area contributed by atoms with Crippen molar-refractivity contribution in [2.75, 3.05) is 13.1 Å². The normalized spacial score (nSPS) is 14.6. The molecule has 3 aromatic heterocycles. The van der Waals surface area contributed by atoms with Crippen LogP contribution >= 0.6 is 0 Å². The zero-order valence-corrected chi connectivity index (χ0v) is 17.6. The van der Waals surface area contributed by atoms with Crippen LogP contribution in [-0.4, -0.2) is 43.4 Å². The summed E-state index contributed by atoms with van der Waals surface area (Å²) in [5, 5.41) is 1.90. The van der Waals surface area contributed by atoms with Crippen molar-refractivity contribution in [3.05, 3.63) is 89.5 Å². The smallest absolute Gasteiger partial charge is 0.273 e. The van der Waals surface area contributed by atoms with Crippen molar-refractivity contribution in [3.8, 4) is 11.3 Å². The van der Waals surface area contributed by atoms with Crippen molar-refractivity contribution in [3.63, 3.8) is 0 Å². The number of carbonyl (C=O) groups excluding carboxylic acids is 1. The summed E-state index contributed by atoms with van der Waals surface area (Å²) in [4.78, 5) is 40.4. The quantitative estimate of drug-likeness (QED) is 0.501. The van der Waals surface area contributed by atoms with Crippen LogP contribution in [0.1, 0.15) is 23.3 Å². The summed E-state index contributed by atoms with van der Waals surface area (Å²) in [6.45, 7) is 1.92. The predicted molar refractivity (Wildman–Crippen MR) is 122 cm³/mol. The molecule has 0 N–H and O–H groups in total. The van der Waals surface area contributed by atoms with Crippen LogP contribution < -0.4 is 5.56 Å². The first kappa shape index (κ1) is 20.1. The van der Waals surface area contributed by atoms with Crippen LogP contribution in [0.25, 0.3) is 22.0 Å². The number of likely N-dealkylation sites (tertiary alicyclic amines) is 1. The highest BCUT2D eigenvalue weighted by atomic mass is 16.2. The minimum atomic E-state index is -0.0646. The van der Waals surface area contributed by atoms with E-state index in [1.807, 2.05) is 47.4 Å². The first-order valence-electron chi connectivity index (χ1n) is 10.8. The lowest BCUT2D eigenvalue weighted by atomic mass is 9.96. The Morgan fingerprint density at radius 2 is 1.75 bits per heavy atom. The second kappa shape index (κ2) is 8.70. The standard InChI is InChI=1S/C25H23N5O2/c31-23-15-22(20-5-10-26-11-6-20)28-17-30(23)16-18-8-13-29(14-9-18)25(32)24-21-4-2-1-3-19(21)7-12-27-24/h1-7,10-12,15,17-18H,8-9,13-14,16H2. The number of hydrogen-bond donors (Lipinski definition) is 0. The van der Waals surface area contributed by atoms with Crippen LogP contribution in [0.3, 0.4) is 0 Å². The average Bonchev–Trinajstić information content (AvgIpc) is 2.85. The number of rotatable bonds is 4. The third-order valence-corrected chi connectivity index (χ3v) is 6.09. The van der Waals surface area contributed by atoms with Gasteiger partial charge in [-0.15, -0.1) is 0 Å². The number of carbonyl (C=O) groups is 1. The molecule has 7 heteroatoms. The molecule has 1 amide bonds. The van der Waals surface area contributed by atoms with Crippen LogP contribution in [-0.2, 0) is 6.54 Å². The van der Waals surface area contributed by atoms with E-state index < -0.39 is 0 Å². The molecule has 1 fully saturated rings. The summed E-state index contributed by atoms with van der Waals surface area (Å²) in [6, 6.07) is 15.0. The fourth-order valence-corrected chi connectivity index (χ4v) is 4.28. The number of fused-ring (bicyclic) bond motifs is 1. The molecule has 0 bridgehead atoms. The van der Waals surface area contributed by atoms with Crippen LogP contribution in [0.5, 0.6) is 0 Å². The molecule has 5 rings (SSSR count). The minimum Gasteiger partial charge on any atom is -0.337 e. The highest BCUT2D eigenvalue weighted by molar-refractivity contribution is 6.05. The topological polar surface area (TPSA) is 81.0 Å². The van der Waals surface area contributed by atoms with Crippen molar-refractivity contribution in [1.29, 1.82) is 0 Å². The fourth-order valence-electron chi connectivity index (χ4n) is 4.28. The maximum absolute atomic E-state index is 13.1. The van der Waals surface area contributed by atoms with Gasteiger partial charge >= 0.3 is 0 Å². The SMILES string of the molecule is O=C(c1nccc2ccccc12)N1CCC(Cn2cnc(-c3ccncc3)cc2=O)CC1. The van der Waals surface area contributed by atoms with Crippen LogP contribution in [0.4, 0.5) is 0 Å². The van der Waals surface area contributed by atoms with Crippen LogP contribution in [0, 0.1) is 5.92 Å². The van der Waals surface area contributed by atoms with Crippen molar-refractivity contribution in [2.45, 2.75) is 19.4 Å². The highest BCUT2D eigenvalue weighted by Crippen LogP contribution is 2.23. The molecule has 4 heterocycles. The van der Waals surface area contributed by atoms with Crippen molar-refractivity contribution in [1.82, 2.24) is 24.4 Å². The molecular formula is C25H23N5O2. The summed E-state index contributed by atoms with van der Waals surface area (Å²) in [7, 11) is 0. The maximum atomic E-state index is 13.1. The molecule has 0 spiro atoms. The molecule has 1 saturated heterocycles. The van der Waals surface area contributed by atoms with Crippen LogP contribution in [0.2, 0.25) is 0 Å². The van der Waals surface area contributed by atoms with Gasteiger partial charge in [0.2, 0.25) is 0 Å². The predicted octanol–water partition coefficient (Wildman–Crippen LogP) is 3.41. The Balaban J connectivity index is 1.24. The molecule has 0 aliphatic carbocycles. The molecule has 0 saturated carbocycles. The Morgan fingerprint density at radius 1 is 0.969 bits per heavy atom. The lowest BCUT2D eigenvalue weighted by Gasteiger charge is -2.32. The van der Waals surface area contributed by atoms with Gasteiger partial charge in [-0.05, 0) is 42.3 Å². The molecule has 4 aromatic rings. The van der Waals surface area contributed by atoms with Crippen LogP contribution in [0.15, 0.2) is 78.2 Å². The zero-order valence-electron chi connectivity index (χ0n) is 17.6. The van der Waals surface area contributed by atoms with Gasteiger partial charge in [0.25, 0.3) is 11.5 Å². The van der Waals surface area contributed by atoms with E-state index in [9.17, 15) is 9.59 Å². The van der Waals surface area contributed by atoms with E-state index >= 15 is 0 Å². The Morgan fingerprint density at radius 3 is 2.53 bits per heavy atom. The van der Waals surface area contributed by atoms with E-state index in [4.69, 9.17) is 0 Å². The first-order chi connectivity index (χ1) is 15.7. The first-order valence-corrected chi connectivity index (χ1v) is 10.8. The van der Waals surface area contributed by atoms with Gasteiger partial charge in [0.05, 0.1) is 12.0 Å². The fraction of sp³-hybridized carbons (Fsp3) is 0.240. The van der Waals surface area contributed by atoms with E-state index in [0.29, 0.717) is 36.9 Å². The second-order valence-electron chi connectivity index (χ2n) is 8.12. The van der Waals surface area contributed by atoms with Gasteiger partial charge in [0.15, 0.2) is 0 Å². The third kappa shape index (κ3) is 4.01. The maximum Gasteiger partial charge on any atom is 0.273 e. The molecule has 1 aromatic carbocycles. The number of nitrogens with zero attached hydrogens (tertiary/aromatic N) is 5. The van der Waals surface area contributed by atoms with Gasteiger partial charge in [0, 0.05) is 55.2 Å². The number of pyridine rings is 2. The molecule has 1 aliphatic heterocycles. The largest absolute Gasteiger partial charge is 0.337 e. The van der Waals surface area contributed by atoms with Crippen molar-refractivity contribution >= 4 is 16.7 Å². The molecule has 1 aliphatic rings. The molecule has 32 heavy (non-hydrogen) atoms. The van der Waals surface area contributed by atoms with E-state index in [2.05, 4.69) is 15.0 Å². The third-order valence-electron chi connectivity index (χ3n) is 6.09. The number of aromatic nitrogens is 4. The number of hydrogen-bond acceptors (Lipinski definition) is 5. The molecular weight excluding hydrogens is 402 g/mol. The van der Waals surface area contributed by atoms with Crippen molar-refractivity contribution in [2.24, 2.45) is 5.92 Å². The minimum absolute atomic E-state index is 0.0270. The summed E-state index contributed by atoms with van der Waals surface area (Å²) >= 11 is 0. The zero-order chi connectivity index (χ0) is 21.9. The highest BCUT2D eigenvalue weighted by Gasteiger charge is 2.25. The summed E-state index contributed by atoms with van der Waals surface area (Å²) in [5.74, 6) is 0.298. The summed E-state index contributed by atoms with van der Waals surface area (Å²) < 4.78 is 1.67. The molecule has 160 valence electrons. The van der Waals surface area contributed by atoms with E-state index in [-0.39, 0.29) is 11.5 Å². The number of benzene rings is 1. The number of piperidine rings is 1. The second-order valence-corrected chi connectivity index (χ2v) is 8.12. The van der Waals surface area contributed by atoms with Gasteiger partial charge in [-0.2, -0.15) is 0 Å². The Labute approximate surface area is 185 Å². The summed E-state index contributed by atoms with van der Waals surface area (Å²) in [6.07, 6.45) is 8.37. The molecule has 0 atom stereocenters. The molecule has 0 unspecified atom stereocenters. The van der Waals surface area contributed by atoms with E-state index in [1.54, 1.807) is 35.6 Å². The lowest BCUT2D eigenvalue weighted by Crippen LogP contribution is -2.40. The van der Waals surface area contributed by atoms with Gasteiger partial charge in [-0.1, -0.05) is 24.3 Å². The van der Waals surface area contributed by atoms with Crippen molar-refractivity contribution < 1.29 is 4.79 Å². The monoisotopic (exact) mass is 425 g/mol. The van der Waals surface area contributed by atoms with Gasteiger partial charge in [-0.3, -0.25) is 24.1 Å².